The van der Waals surface area contributed by atoms with Gasteiger partial charge in [-0.3, -0.25) is 9.69 Å². The number of carbonyl (C=O) groups is 1. The number of carbonyl (C=O) groups excluding carboxylic acids is 1. The van der Waals surface area contributed by atoms with E-state index in [2.05, 4.69) is 22.5 Å². The van der Waals surface area contributed by atoms with Crippen molar-refractivity contribution in [3.63, 3.8) is 0 Å². The van der Waals surface area contributed by atoms with Crippen LogP contribution in [0.1, 0.15) is 51.9 Å². The molecule has 1 saturated carbocycles. The summed E-state index contributed by atoms with van der Waals surface area (Å²) >= 11 is 0. The summed E-state index contributed by atoms with van der Waals surface area (Å²) in [5, 5.41) is 6.61. The Kier molecular flexibility index (Phi) is 8.64. The Balaban J connectivity index is 0.00000132. The number of likely N-dealkylation sites (tertiary alicyclic amines) is 1. The second kappa shape index (κ2) is 9.45. The number of nitrogens with zero attached hydrogens (tertiary/aromatic N) is 1. The summed E-state index contributed by atoms with van der Waals surface area (Å²) in [6, 6.07) is 0.743. The molecule has 136 valence electrons. The molecule has 0 aromatic rings. The third-order valence-corrected chi connectivity index (χ3v) is 6.02. The maximum Gasteiger partial charge on any atom is 0.223 e. The van der Waals surface area contributed by atoms with Crippen molar-refractivity contribution in [3.8, 4) is 0 Å². The topological polar surface area (TPSA) is 44.4 Å². The Morgan fingerprint density at radius 1 is 1.26 bits per heavy atom. The number of amides is 1. The third-order valence-electron chi connectivity index (χ3n) is 6.02. The Bertz CT molecular complexity index is 375. The highest BCUT2D eigenvalue weighted by Gasteiger charge is 2.57. The summed E-state index contributed by atoms with van der Waals surface area (Å²) < 4.78 is 0. The molecule has 0 radical (unpaired) electrons. The van der Waals surface area contributed by atoms with Crippen molar-refractivity contribution in [2.75, 3.05) is 32.7 Å². The van der Waals surface area contributed by atoms with Gasteiger partial charge in [0.15, 0.2) is 0 Å². The predicted octanol–water partition coefficient (Wildman–Crippen LogP) is 2.60. The standard InChI is InChI=1S/C17H31N3O.2ClH/c1-2-14-5-3-4-11-20(14)12-10-19-16(21)15-13-17(15)6-8-18-9-7-17;;/h14-15,18H,2-13H2,1H3,(H,19,21);2*1H. The SMILES string of the molecule is CCC1CCCCN1CCNC(=O)C1CC12CCNCC2.Cl.Cl. The monoisotopic (exact) mass is 365 g/mol. The molecule has 2 aliphatic heterocycles. The van der Waals surface area contributed by atoms with Gasteiger partial charge in [0.25, 0.3) is 0 Å². The van der Waals surface area contributed by atoms with E-state index < -0.39 is 0 Å². The zero-order valence-corrected chi connectivity index (χ0v) is 15.9. The van der Waals surface area contributed by atoms with Gasteiger partial charge in [-0.1, -0.05) is 13.3 Å². The Labute approximate surface area is 153 Å². The van der Waals surface area contributed by atoms with Gasteiger partial charge in [-0.05, 0) is 63.6 Å². The van der Waals surface area contributed by atoms with Gasteiger partial charge in [0.05, 0.1) is 0 Å². The van der Waals surface area contributed by atoms with Crippen LogP contribution in [0.3, 0.4) is 0 Å². The van der Waals surface area contributed by atoms with Crippen LogP contribution in [0.25, 0.3) is 0 Å². The van der Waals surface area contributed by atoms with Gasteiger partial charge in [-0.2, -0.15) is 0 Å². The minimum absolute atomic E-state index is 0. The fraction of sp³-hybridized carbons (Fsp3) is 0.941. The molecule has 1 spiro atoms. The zero-order chi connectivity index (χ0) is 14.7. The fourth-order valence-corrected chi connectivity index (χ4v) is 4.46. The van der Waals surface area contributed by atoms with Gasteiger partial charge >= 0.3 is 0 Å². The van der Waals surface area contributed by atoms with E-state index in [1.54, 1.807) is 0 Å². The number of nitrogens with one attached hydrogen (secondary N) is 2. The quantitative estimate of drug-likeness (QED) is 0.786. The molecule has 3 fully saturated rings. The molecule has 2 N–H and O–H groups in total. The normalized spacial score (nSPS) is 29.3. The average Bonchev–Trinajstić information content (AvgIpc) is 3.21. The average molecular weight is 366 g/mol. The summed E-state index contributed by atoms with van der Waals surface area (Å²) in [6.07, 6.45) is 8.78. The molecular formula is C17H33Cl2N3O. The van der Waals surface area contributed by atoms with E-state index in [0.717, 1.165) is 38.6 Å². The summed E-state index contributed by atoms with van der Waals surface area (Å²) in [5.74, 6) is 0.630. The van der Waals surface area contributed by atoms with Crippen LogP contribution in [0.2, 0.25) is 0 Å². The van der Waals surface area contributed by atoms with Gasteiger partial charge < -0.3 is 10.6 Å². The van der Waals surface area contributed by atoms with Crippen LogP contribution in [0.15, 0.2) is 0 Å². The van der Waals surface area contributed by atoms with Crippen molar-refractivity contribution < 1.29 is 4.79 Å². The van der Waals surface area contributed by atoms with Crippen LogP contribution in [-0.4, -0.2) is 49.6 Å². The molecule has 0 aromatic heterocycles. The van der Waals surface area contributed by atoms with E-state index in [1.165, 1.54) is 45.1 Å². The highest BCUT2D eigenvalue weighted by Crippen LogP contribution is 2.58. The summed E-state index contributed by atoms with van der Waals surface area (Å²) in [5.41, 5.74) is 0.367. The van der Waals surface area contributed by atoms with Crippen LogP contribution in [0.5, 0.6) is 0 Å². The predicted molar refractivity (Wildman–Crippen MR) is 99.7 cm³/mol. The van der Waals surface area contributed by atoms with Gasteiger partial charge in [0, 0.05) is 25.0 Å². The van der Waals surface area contributed by atoms with Gasteiger partial charge in [-0.15, -0.1) is 24.8 Å². The molecule has 3 aliphatic rings. The molecule has 2 atom stereocenters. The van der Waals surface area contributed by atoms with E-state index >= 15 is 0 Å². The van der Waals surface area contributed by atoms with Crippen LogP contribution in [-0.2, 0) is 4.79 Å². The van der Waals surface area contributed by atoms with Crippen molar-refractivity contribution in [3.05, 3.63) is 0 Å². The highest BCUT2D eigenvalue weighted by atomic mass is 35.5. The first-order valence-electron chi connectivity index (χ1n) is 8.98. The lowest BCUT2D eigenvalue weighted by Crippen LogP contribution is -2.44. The molecule has 1 aliphatic carbocycles. The number of piperidine rings is 2. The molecule has 2 heterocycles. The minimum atomic E-state index is 0. The Hall–Kier alpha value is -0.0300. The lowest BCUT2D eigenvalue weighted by atomic mass is 9.92. The maximum atomic E-state index is 12.3. The lowest BCUT2D eigenvalue weighted by molar-refractivity contribution is -0.123. The number of hydrogen-bond donors (Lipinski definition) is 2. The highest BCUT2D eigenvalue weighted by molar-refractivity contribution is 5.85. The van der Waals surface area contributed by atoms with Gasteiger partial charge in [0.2, 0.25) is 5.91 Å². The number of rotatable bonds is 5. The smallest absolute Gasteiger partial charge is 0.223 e. The first kappa shape index (κ1) is 21.0. The van der Waals surface area contributed by atoms with Crippen molar-refractivity contribution in [2.24, 2.45) is 11.3 Å². The van der Waals surface area contributed by atoms with Crippen LogP contribution < -0.4 is 10.6 Å². The summed E-state index contributed by atoms with van der Waals surface area (Å²) in [4.78, 5) is 14.9. The largest absolute Gasteiger partial charge is 0.355 e. The van der Waals surface area contributed by atoms with Crippen molar-refractivity contribution >= 4 is 30.7 Å². The van der Waals surface area contributed by atoms with E-state index in [0.29, 0.717) is 17.2 Å². The van der Waals surface area contributed by atoms with E-state index in [9.17, 15) is 4.79 Å². The molecule has 3 rings (SSSR count). The van der Waals surface area contributed by atoms with E-state index in [1.807, 2.05) is 0 Å². The molecular weight excluding hydrogens is 333 g/mol. The van der Waals surface area contributed by atoms with Crippen molar-refractivity contribution in [1.29, 1.82) is 0 Å². The molecule has 23 heavy (non-hydrogen) atoms. The second-order valence-corrected chi connectivity index (χ2v) is 7.25. The van der Waals surface area contributed by atoms with Gasteiger partial charge in [-0.25, -0.2) is 0 Å². The molecule has 4 nitrogen and oxygen atoms in total. The summed E-state index contributed by atoms with van der Waals surface area (Å²) in [6.45, 7) is 7.55. The van der Waals surface area contributed by atoms with Crippen LogP contribution in [0, 0.1) is 11.3 Å². The van der Waals surface area contributed by atoms with Crippen LogP contribution in [0.4, 0.5) is 0 Å². The molecule has 2 unspecified atom stereocenters. The van der Waals surface area contributed by atoms with E-state index in [4.69, 9.17) is 0 Å². The van der Waals surface area contributed by atoms with Crippen molar-refractivity contribution in [1.82, 2.24) is 15.5 Å². The molecule has 1 amide bonds. The summed E-state index contributed by atoms with van der Waals surface area (Å²) in [7, 11) is 0. The first-order chi connectivity index (χ1) is 10.2. The Morgan fingerprint density at radius 3 is 2.70 bits per heavy atom. The first-order valence-corrected chi connectivity index (χ1v) is 8.98. The van der Waals surface area contributed by atoms with Crippen molar-refractivity contribution in [2.45, 2.75) is 57.9 Å². The lowest BCUT2D eigenvalue weighted by Gasteiger charge is -2.35. The Morgan fingerprint density at radius 2 is 2.00 bits per heavy atom. The molecule has 2 saturated heterocycles. The fourth-order valence-electron chi connectivity index (χ4n) is 4.46. The molecule has 0 bridgehead atoms. The maximum absolute atomic E-state index is 12.3. The number of halogens is 2. The minimum Gasteiger partial charge on any atom is -0.355 e. The number of hydrogen-bond acceptors (Lipinski definition) is 3. The molecule has 0 aromatic carbocycles. The van der Waals surface area contributed by atoms with Crippen LogP contribution >= 0.6 is 24.8 Å². The van der Waals surface area contributed by atoms with E-state index in [-0.39, 0.29) is 24.8 Å². The third kappa shape index (κ3) is 4.97. The van der Waals surface area contributed by atoms with Gasteiger partial charge in [0.1, 0.15) is 0 Å². The molecule has 6 heteroatoms. The second-order valence-electron chi connectivity index (χ2n) is 7.25. The zero-order valence-electron chi connectivity index (χ0n) is 14.3.